The summed E-state index contributed by atoms with van der Waals surface area (Å²) < 4.78 is 42.5. The number of likely N-dealkylation sites (N-methyl/N-ethyl adjacent to an activating group) is 1. The topological polar surface area (TPSA) is 208 Å². The number of carbonyl (C=O) groups is 5. The first-order valence-corrected chi connectivity index (χ1v) is 18.5. The van der Waals surface area contributed by atoms with Gasteiger partial charge in [0.1, 0.15) is 29.5 Å². The molecular formula is C39H46F3N9O6. The van der Waals surface area contributed by atoms with Gasteiger partial charge in [0.15, 0.2) is 6.29 Å². The molecule has 0 aliphatic heterocycles. The largest absolute Gasteiger partial charge is 0.573 e. The number of nitriles is 1. The third-order valence-electron chi connectivity index (χ3n) is 9.59. The first-order valence-electron chi connectivity index (χ1n) is 18.5. The van der Waals surface area contributed by atoms with Crippen molar-refractivity contribution in [3.8, 4) is 11.8 Å². The molecule has 3 amide bonds. The summed E-state index contributed by atoms with van der Waals surface area (Å²) in [4.78, 5) is 71.1. The van der Waals surface area contributed by atoms with Crippen molar-refractivity contribution in [3.63, 3.8) is 0 Å². The van der Waals surface area contributed by atoms with Crippen molar-refractivity contribution in [2.24, 2.45) is 5.92 Å². The summed E-state index contributed by atoms with van der Waals surface area (Å²) in [5.41, 5.74) is 1.11. The third-order valence-corrected chi connectivity index (χ3v) is 9.59. The molecule has 1 unspecified atom stereocenters. The van der Waals surface area contributed by atoms with Crippen LogP contribution in [-0.2, 0) is 20.9 Å². The maximum absolute atomic E-state index is 13.2. The van der Waals surface area contributed by atoms with Gasteiger partial charge in [-0.1, -0.05) is 24.3 Å². The number of para-hydroxylation sites is 1. The van der Waals surface area contributed by atoms with Gasteiger partial charge in [-0.3, -0.25) is 19.2 Å². The second-order valence-electron chi connectivity index (χ2n) is 13.5. The standard InChI is InChI=1S/C39H46F3N9O6/c1-44-34(54)17-16-29(23-52)51(2)37(56)30-8-5-9-32(31(30)24-53)45-18-6-11-35(55)49-28-14-12-25(13-15-28)20-46-36-27(19-43)22-48-38(50-36)47-21-26-7-3-4-10-33(26)57-39(40,41)42/h3-5,7-10,22-25,28-29,45H,6,11-18,20-21H2,1-2H3,(H,44,54)(H,49,55)(H2,46,47,48,50). The second-order valence-corrected chi connectivity index (χ2v) is 13.5. The lowest BCUT2D eigenvalue weighted by molar-refractivity contribution is -0.274. The minimum atomic E-state index is -4.84. The Balaban J connectivity index is 1.20. The van der Waals surface area contributed by atoms with Crippen LogP contribution in [0.3, 0.4) is 0 Å². The van der Waals surface area contributed by atoms with Crippen molar-refractivity contribution in [1.29, 1.82) is 5.26 Å². The van der Waals surface area contributed by atoms with Crippen molar-refractivity contribution in [3.05, 3.63) is 70.9 Å². The Morgan fingerprint density at radius 3 is 2.46 bits per heavy atom. The third kappa shape index (κ3) is 13.2. The number of anilines is 3. The number of alkyl halides is 3. The van der Waals surface area contributed by atoms with Gasteiger partial charge in [-0.15, -0.1) is 13.2 Å². The predicted octanol–water partition coefficient (Wildman–Crippen LogP) is 4.82. The minimum Gasteiger partial charge on any atom is -0.405 e. The molecule has 5 N–H and O–H groups in total. The van der Waals surface area contributed by atoms with Gasteiger partial charge in [0, 0.05) is 63.9 Å². The second kappa shape index (κ2) is 21.2. The van der Waals surface area contributed by atoms with E-state index in [1.807, 2.05) is 6.07 Å². The number of ether oxygens (including phenoxy) is 1. The minimum absolute atomic E-state index is 0.00308. The summed E-state index contributed by atoms with van der Waals surface area (Å²) in [7, 11) is 2.92. The molecule has 3 aromatic rings. The van der Waals surface area contributed by atoms with E-state index in [1.165, 1.54) is 49.5 Å². The van der Waals surface area contributed by atoms with Crippen LogP contribution >= 0.6 is 0 Å². The number of hydrogen-bond acceptors (Lipinski definition) is 12. The van der Waals surface area contributed by atoms with Crippen LogP contribution in [0.25, 0.3) is 0 Å². The molecule has 304 valence electrons. The summed E-state index contributed by atoms with van der Waals surface area (Å²) in [5.74, 6) is -0.588. The van der Waals surface area contributed by atoms with E-state index in [0.29, 0.717) is 43.6 Å². The van der Waals surface area contributed by atoms with E-state index in [-0.39, 0.29) is 83.5 Å². The molecule has 1 saturated carbocycles. The molecule has 57 heavy (non-hydrogen) atoms. The van der Waals surface area contributed by atoms with Crippen molar-refractivity contribution < 1.29 is 41.9 Å². The average molecular weight is 794 g/mol. The molecular weight excluding hydrogens is 747 g/mol. The lowest BCUT2D eigenvalue weighted by Crippen LogP contribution is -2.39. The Bertz CT molecular complexity index is 1910. The summed E-state index contributed by atoms with van der Waals surface area (Å²) in [6.45, 7) is 0.822. The number of aromatic nitrogens is 2. The van der Waals surface area contributed by atoms with Crippen LogP contribution in [-0.4, -0.2) is 90.8 Å². The van der Waals surface area contributed by atoms with Gasteiger partial charge in [0.25, 0.3) is 5.91 Å². The fraction of sp³-hybridized carbons (Fsp3) is 0.436. The molecule has 15 nitrogen and oxygen atoms in total. The number of nitrogens with one attached hydrogen (secondary N) is 5. The van der Waals surface area contributed by atoms with Crippen LogP contribution in [0.1, 0.15) is 83.2 Å². The molecule has 4 rings (SSSR count). The predicted molar refractivity (Wildman–Crippen MR) is 204 cm³/mol. The summed E-state index contributed by atoms with van der Waals surface area (Å²) >= 11 is 0. The number of amides is 3. The number of rotatable bonds is 20. The van der Waals surface area contributed by atoms with Crippen LogP contribution in [0.4, 0.5) is 30.6 Å². The summed E-state index contributed by atoms with van der Waals surface area (Å²) in [6.07, 6.45) is 1.68. The number of benzene rings is 2. The van der Waals surface area contributed by atoms with E-state index in [1.54, 1.807) is 18.2 Å². The highest BCUT2D eigenvalue weighted by molar-refractivity contribution is 6.05. The zero-order chi connectivity index (χ0) is 41.4. The van der Waals surface area contributed by atoms with Crippen LogP contribution in [0.5, 0.6) is 5.75 Å². The first-order chi connectivity index (χ1) is 27.3. The van der Waals surface area contributed by atoms with Gasteiger partial charge in [0.2, 0.25) is 17.8 Å². The van der Waals surface area contributed by atoms with Crippen molar-refractivity contribution in [2.75, 3.05) is 43.1 Å². The van der Waals surface area contributed by atoms with Crippen molar-refractivity contribution >= 4 is 47.7 Å². The van der Waals surface area contributed by atoms with E-state index in [4.69, 9.17) is 0 Å². The Morgan fingerprint density at radius 1 is 1.02 bits per heavy atom. The van der Waals surface area contributed by atoms with Gasteiger partial charge in [-0.05, 0) is 62.6 Å². The van der Waals surface area contributed by atoms with Gasteiger partial charge < -0.3 is 41.0 Å². The Hall–Kier alpha value is -6.25. The molecule has 0 radical (unpaired) electrons. The molecule has 1 aliphatic carbocycles. The maximum atomic E-state index is 13.2. The fourth-order valence-corrected chi connectivity index (χ4v) is 6.39. The molecule has 2 aromatic carbocycles. The quantitative estimate of drug-likeness (QED) is 0.0772. The highest BCUT2D eigenvalue weighted by Crippen LogP contribution is 2.28. The van der Waals surface area contributed by atoms with Crippen molar-refractivity contribution in [1.82, 2.24) is 25.5 Å². The molecule has 1 heterocycles. The van der Waals surface area contributed by atoms with Gasteiger partial charge in [-0.25, -0.2) is 4.98 Å². The molecule has 1 aliphatic rings. The SMILES string of the molecule is CNC(=O)CCC(C=O)N(C)C(=O)c1cccc(NCCCC(=O)NC2CCC(CNc3nc(NCc4ccccc4OC(F)(F)F)ncc3C#N)CC2)c1C=O. The number of carbonyl (C=O) groups excluding carboxylic acids is 5. The van der Waals surface area contributed by atoms with E-state index in [0.717, 1.165) is 25.7 Å². The van der Waals surface area contributed by atoms with Crippen LogP contribution in [0.2, 0.25) is 0 Å². The zero-order valence-electron chi connectivity index (χ0n) is 31.7. The van der Waals surface area contributed by atoms with Gasteiger partial charge >= 0.3 is 6.36 Å². The highest BCUT2D eigenvalue weighted by Gasteiger charge is 2.32. The van der Waals surface area contributed by atoms with Crippen LogP contribution in [0.15, 0.2) is 48.7 Å². The smallest absolute Gasteiger partial charge is 0.405 e. The number of aldehydes is 2. The lowest BCUT2D eigenvalue weighted by atomic mass is 9.86. The molecule has 1 aromatic heterocycles. The van der Waals surface area contributed by atoms with Gasteiger partial charge in [-0.2, -0.15) is 10.2 Å². The van der Waals surface area contributed by atoms with Crippen molar-refractivity contribution in [2.45, 2.75) is 76.4 Å². The molecule has 18 heteroatoms. The summed E-state index contributed by atoms with van der Waals surface area (Å²) in [6, 6.07) is 11.7. The molecule has 0 spiro atoms. The van der Waals surface area contributed by atoms with Gasteiger partial charge in [0.05, 0.1) is 23.4 Å². The highest BCUT2D eigenvalue weighted by atomic mass is 19.4. The van der Waals surface area contributed by atoms with E-state index < -0.39 is 18.3 Å². The number of nitrogens with zero attached hydrogens (tertiary/aromatic N) is 4. The molecule has 0 saturated heterocycles. The molecule has 1 fully saturated rings. The number of hydrogen-bond donors (Lipinski definition) is 5. The number of halogens is 3. The van der Waals surface area contributed by atoms with E-state index >= 15 is 0 Å². The maximum Gasteiger partial charge on any atom is 0.573 e. The fourth-order valence-electron chi connectivity index (χ4n) is 6.39. The Morgan fingerprint density at radius 2 is 1.77 bits per heavy atom. The summed E-state index contributed by atoms with van der Waals surface area (Å²) in [5, 5.41) is 24.4. The Kier molecular flexibility index (Phi) is 16.1. The van der Waals surface area contributed by atoms with E-state index in [2.05, 4.69) is 41.3 Å². The zero-order valence-corrected chi connectivity index (χ0v) is 31.7. The van der Waals surface area contributed by atoms with E-state index in [9.17, 15) is 42.4 Å². The normalized spacial score (nSPS) is 15.6. The molecule has 0 bridgehead atoms. The lowest BCUT2D eigenvalue weighted by Gasteiger charge is -2.29. The van der Waals surface area contributed by atoms with Crippen LogP contribution < -0.4 is 31.3 Å². The average Bonchev–Trinajstić information content (AvgIpc) is 3.20. The van der Waals surface area contributed by atoms with Crippen LogP contribution in [0, 0.1) is 17.2 Å². The Labute approximate surface area is 328 Å². The molecule has 1 atom stereocenters. The monoisotopic (exact) mass is 793 g/mol. The first kappa shape index (κ1) is 43.5.